The van der Waals surface area contributed by atoms with Gasteiger partial charge in [-0.1, -0.05) is 24.3 Å². The van der Waals surface area contributed by atoms with Crippen molar-refractivity contribution >= 4 is 40.2 Å². The first-order valence-electron chi connectivity index (χ1n) is 8.25. The molecule has 7 heteroatoms. The average Bonchev–Trinajstić information content (AvgIpc) is 2.67. The lowest BCUT2D eigenvalue weighted by molar-refractivity contribution is -0.134. The number of halogens is 2. The lowest BCUT2D eigenvalue weighted by Gasteiger charge is -2.36. The SMILES string of the molecule is O=C(OCC(=O)N1CCN(c2ccccc2F)CC1)c1ccccc1I. The van der Waals surface area contributed by atoms with Crippen molar-refractivity contribution in [2.24, 2.45) is 0 Å². The van der Waals surface area contributed by atoms with E-state index in [0.29, 0.717) is 37.4 Å². The Balaban J connectivity index is 1.50. The van der Waals surface area contributed by atoms with Crippen LogP contribution in [0.15, 0.2) is 48.5 Å². The molecule has 1 fully saturated rings. The predicted octanol–water partition coefficient (Wildman–Crippen LogP) is 2.94. The molecule has 0 spiro atoms. The number of para-hydroxylation sites is 1. The number of ether oxygens (including phenoxy) is 1. The molecule has 0 N–H and O–H groups in total. The highest BCUT2D eigenvalue weighted by molar-refractivity contribution is 14.1. The molecule has 2 aromatic rings. The Bertz CT molecular complexity index is 807. The monoisotopic (exact) mass is 468 g/mol. The van der Waals surface area contributed by atoms with Crippen LogP contribution in [0.5, 0.6) is 0 Å². The maximum atomic E-state index is 13.9. The van der Waals surface area contributed by atoms with Crippen molar-refractivity contribution in [1.29, 1.82) is 0 Å². The highest BCUT2D eigenvalue weighted by Crippen LogP contribution is 2.20. The van der Waals surface area contributed by atoms with Gasteiger partial charge >= 0.3 is 5.97 Å². The van der Waals surface area contributed by atoms with E-state index in [9.17, 15) is 14.0 Å². The van der Waals surface area contributed by atoms with Gasteiger partial charge < -0.3 is 14.5 Å². The van der Waals surface area contributed by atoms with Gasteiger partial charge in [0.2, 0.25) is 0 Å². The van der Waals surface area contributed by atoms with Gasteiger partial charge in [-0.2, -0.15) is 0 Å². The normalized spacial score (nSPS) is 14.2. The number of benzene rings is 2. The Morgan fingerprint density at radius 2 is 1.65 bits per heavy atom. The van der Waals surface area contributed by atoms with Gasteiger partial charge in [0.05, 0.1) is 11.3 Å². The van der Waals surface area contributed by atoms with E-state index >= 15 is 0 Å². The lowest BCUT2D eigenvalue weighted by atomic mass is 10.2. The first kappa shape index (κ1) is 18.6. The molecule has 1 aliphatic heterocycles. The molecule has 0 aromatic heterocycles. The minimum atomic E-state index is -0.506. The standard InChI is InChI=1S/C19H18FIN2O3/c20-15-6-2-4-8-17(15)22-9-11-23(12-10-22)18(24)13-26-19(25)14-5-1-3-7-16(14)21/h1-8H,9-13H2. The maximum Gasteiger partial charge on any atom is 0.339 e. The number of hydrogen-bond acceptors (Lipinski definition) is 4. The van der Waals surface area contributed by atoms with Crippen LogP contribution in [-0.2, 0) is 9.53 Å². The zero-order valence-electron chi connectivity index (χ0n) is 14.0. The number of rotatable bonds is 4. The zero-order valence-corrected chi connectivity index (χ0v) is 16.2. The van der Waals surface area contributed by atoms with Gasteiger partial charge in [-0.05, 0) is 46.9 Å². The molecule has 0 radical (unpaired) electrons. The van der Waals surface area contributed by atoms with Crippen LogP contribution in [0.2, 0.25) is 0 Å². The Labute approximate surface area is 164 Å². The molecule has 0 bridgehead atoms. The van der Waals surface area contributed by atoms with Gasteiger partial charge in [-0.15, -0.1) is 0 Å². The van der Waals surface area contributed by atoms with E-state index in [4.69, 9.17) is 4.74 Å². The van der Waals surface area contributed by atoms with E-state index in [0.717, 1.165) is 3.57 Å². The zero-order chi connectivity index (χ0) is 18.5. The molecule has 26 heavy (non-hydrogen) atoms. The van der Waals surface area contributed by atoms with Crippen molar-refractivity contribution in [1.82, 2.24) is 4.90 Å². The molecule has 1 amide bonds. The van der Waals surface area contributed by atoms with E-state index in [1.165, 1.54) is 6.07 Å². The van der Waals surface area contributed by atoms with Crippen LogP contribution >= 0.6 is 22.6 Å². The Kier molecular flexibility index (Phi) is 6.08. The quantitative estimate of drug-likeness (QED) is 0.512. The third-order valence-electron chi connectivity index (χ3n) is 4.25. The van der Waals surface area contributed by atoms with Crippen LogP contribution in [0.4, 0.5) is 10.1 Å². The third kappa shape index (κ3) is 4.32. The van der Waals surface area contributed by atoms with Crippen LogP contribution < -0.4 is 4.90 Å². The van der Waals surface area contributed by atoms with Crippen LogP contribution in [-0.4, -0.2) is 49.6 Å². The molecule has 0 atom stereocenters. The van der Waals surface area contributed by atoms with Gasteiger partial charge in [-0.3, -0.25) is 4.79 Å². The predicted molar refractivity (Wildman–Crippen MR) is 105 cm³/mol. The van der Waals surface area contributed by atoms with Gasteiger partial charge in [-0.25, -0.2) is 9.18 Å². The van der Waals surface area contributed by atoms with Crippen molar-refractivity contribution in [2.45, 2.75) is 0 Å². The molecule has 5 nitrogen and oxygen atoms in total. The van der Waals surface area contributed by atoms with Crippen molar-refractivity contribution in [3.8, 4) is 0 Å². The second-order valence-corrected chi connectivity index (χ2v) is 7.04. The first-order valence-corrected chi connectivity index (χ1v) is 9.33. The topological polar surface area (TPSA) is 49.9 Å². The highest BCUT2D eigenvalue weighted by Gasteiger charge is 2.23. The number of hydrogen-bond donors (Lipinski definition) is 0. The van der Waals surface area contributed by atoms with Crippen LogP contribution in [0.25, 0.3) is 0 Å². The highest BCUT2D eigenvalue weighted by atomic mass is 127. The second-order valence-electron chi connectivity index (χ2n) is 5.88. The summed E-state index contributed by atoms with van der Waals surface area (Å²) < 4.78 is 19.8. The molecule has 0 aliphatic carbocycles. The van der Waals surface area contributed by atoms with E-state index < -0.39 is 5.97 Å². The summed E-state index contributed by atoms with van der Waals surface area (Å²) in [5.74, 6) is -1.01. The van der Waals surface area contributed by atoms with E-state index in [-0.39, 0.29) is 18.3 Å². The molecular formula is C19H18FIN2O3. The van der Waals surface area contributed by atoms with Gasteiger partial charge in [0.1, 0.15) is 5.82 Å². The minimum absolute atomic E-state index is 0.238. The largest absolute Gasteiger partial charge is 0.452 e. The molecule has 1 heterocycles. The number of esters is 1. The number of amides is 1. The molecule has 3 rings (SSSR count). The smallest absolute Gasteiger partial charge is 0.339 e. The Morgan fingerprint density at radius 3 is 2.35 bits per heavy atom. The molecule has 136 valence electrons. The summed E-state index contributed by atoms with van der Waals surface area (Å²) in [6, 6.07) is 13.7. The Hall–Kier alpha value is -2.16. The molecule has 0 unspecified atom stereocenters. The van der Waals surface area contributed by atoms with Gasteiger partial charge in [0, 0.05) is 29.7 Å². The lowest BCUT2D eigenvalue weighted by Crippen LogP contribution is -2.50. The molecule has 2 aromatic carbocycles. The summed E-state index contributed by atoms with van der Waals surface area (Å²) >= 11 is 2.05. The van der Waals surface area contributed by atoms with E-state index in [1.54, 1.807) is 41.3 Å². The van der Waals surface area contributed by atoms with Crippen LogP contribution in [0.3, 0.4) is 0 Å². The summed E-state index contributed by atoms with van der Waals surface area (Å²) in [7, 11) is 0. The van der Waals surface area contributed by atoms with E-state index in [2.05, 4.69) is 22.6 Å². The fourth-order valence-electron chi connectivity index (χ4n) is 2.83. The van der Waals surface area contributed by atoms with Gasteiger partial charge in [0.25, 0.3) is 5.91 Å². The summed E-state index contributed by atoms with van der Waals surface area (Å²) in [6.45, 7) is 1.72. The van der Waals surface area contributed by atoms with Crippen molar-refractivity contribution in [2.75, 3.05) is 37.7 Å². The number of carbonyl (C=O) groups excluding carboxylic acids is 2. The summed E-state index contributed by atoms with van der Waals surface area (Å²) in [5.41, 5.74) is 0.995. The molecule has 1 saturated heterocycles. The van der Waals surface area contributed by atoms with Crippen molar-refractivity contribution in [3.05, 3.63) is 63.5 Å². The van der Waals surface area contributed by atoms with Crippen LogP contribution in [0, 0.1) is 9.39 Å². The maximum absolute atomic E-state index is 13.9. The number of anilines is 1. The fourth-order valence-corrected chi connectivity index (χ4v) is 3.44. The molecule has 1 aliphatic rings. The third-order valence-corrected chi connectivity index (χ3v) is 5.19. The minimum Gasteiger partial charge on any atom is -0.452 e. The van der Waals surface area contributed by atoms with Crippen molar-refractivity contribution in [3.63, 3.8) is 0 Å². The van der Waals surface area contributed by atoms with Gasteiger partial charge in [0.15, 0.2) is 6.61 Å². The molecule has 0 saturated carbocycles. The number of nitrogens with zero attached hydrogens (tertiary/aromatic N) is 2. The van der Waals surface area contributed by atoms with Crippen LogP contribution in [0.1, 0.15) is 10.4 Å². The number of carbonyl (C=O) groups is 2. The second kappa shape index (κ2) is 8.48. The summed E-state index contributed by atoms with van der Waals surface area (Å²) in [6.07, 6.45) is 0. The fraction of sp³-hybridized carbons (Fsp3) is 0.263. The van der Waals surface area contributed by atoms with E-state index in [1.807, 2.05) is 11.0 Å². The Morgan fingerprint density at radius 1 is 1.00 bits per heavy atom. The average molecular weight is 468 g/mol. The summed E-state index contributed by atoms with van der Waals surface area (Å²) in [5, 5.41) is 0. The summed E-state index contributed by atoms with van der Waals surface area (Å²) in [4.78, 5) is 27.9. The molecular weight excluding hydrogens is 450 g/mol. The van der Waals surface area contributed by atoms with Crippen molar-refractivity contribution < 1.29 is 18.7 Å². The first-order chi connectivity index (χ1) is 12.6. The number of piperazine rings is 1.